The van der Waals surface area contributed by atoms with Crippen LogP contribution in [0.5, 0.6) is 11.5 Å². The molecule has 1 aromatic carbocycles. The van der Waals surface area contributed by atoms with Gasteiger partial charge in [0.15, 0.2) is 17.8 Å². The molecule has 90 valence electrons. The Morgan fingerprint density at radius 1 is 1.25 bits per heavy atom. The van der Waals surface area contributed by atoms with Crippen molar-refractivity contribution in [2.45, 2.75) is 12.7 Å². The lowest BCUT2D eigenvalue weighted by Crippen LogP contribution is -2.16. The minimum Gasteiger partial charge on any atom is -0.503 e. The van der Waals surface area contributed by atoms with Crippen molar-refractivity contribution in [1.82, 2.24) is 0 Å². The zero-order valence-corrected chi connectivity index (χ0v) is 11.1. The van der Waals surface area contributed by atoms with Crippen LogP contribution in [0.3, 0.4) is 0 Å². The molecular formula is C11H15BrO4. The fourth-order valence-electron chi connectivity index (χ4n) is 1.35. The number of hydrogen-bond acceptors (Lipinski definition) is 4. The van der Waals surface area contributed by atoms with E-state index in [0.717, 1.165) is 5.56 Å². The van der Waals surface area contributed by atoms with E-state index in [4.69, 9.17) is 14.2 Å². The SMILES string of the molecule is COc1ccc(CC(OC)OC)c(Br)c1O. The first-order chi connectivity index (χ1) is 7.63. The zero-order chi connectivity index (χ0) is 12.1. The Labute approximate surface area is 103 Å². The lowest BCUT2D eigenvalue weighted by atomic mass is 10.1. The minimum absolute atomic E-state index is 0.0888. The maximum absolute atomic E-state index is 9.78. The summed E-state index contributed by atoms with van der Waals surface area (Å²) in [5, 5.41) is 9.78. The van der Waals surface area contributed by atoms with Crippen LogP contribution in [0.1, 0.15) is 5.56 Å². The summed E-state index contributed by atoms with van der Waals surface area (Å²) in [5.41, 5.74) is 0.895. The first-order valence-electron chi connectivity index (χ1n) is 4.74. The van der Waals surface area contributed by atoms with Gasteiger partial charge in [0.2, 0.25) is 0 Å². The van der Waals surface area contributed by atoms with E-state index in [1.807, 2.05) is 6.07 Å². The van der Waals surface area contributed by atoms with Crippen LogP contribution in [0, 0.1) is 0 Å². The smallest absolute Gasteiger partial charge is 0.172 e. The van der Waals surface area contributed by atoms with Crippen LogP contribution < -0.4 is 4.74 Å². The molecule has 0 radical (unpaired) electrons. The summed E-state index contributed by atoms with van der Waals surface area (Å²) in [6.45, 7) is 0. The molecule has 0 aliphatic carbocycles. The van der Waals surface area contributed by atoms with Gasteiger partial charge in [0.25, 0.3) is 0 Å². The van der Waals surface area contributed by atoms with Crippen molar-refractivity contribution in [3.63, 3.8) is 0 Å². The lowest BCUT2D eigenvalue weighted by Gasteiger charge is -2.15. The van der Waals surface area contributed by atoms with Crippen LogP contribution in [-0.2, 0) is 15.9 Å². The van der Waals surface area contributed by atoms with Crippen molar-refractivity contribution in [3.8, 4) is 11.5 Å². The van der Waals surface area contributed by atoms with Gasteiger partial charge in [-0.1, -0.05) is 6.07 Å². The minimum atomic E-state index is -0.330. The van der Waals surface area contributed by atoms with Crippen molar-refractivity contribution >= 4 is 15.9 Å². The molecule has 1 aromatic rings. The molecule has 1 rings (SSSR count). The van der Waals surface area contributed by atoms with Gasteiger partial charge in [-0.3, -0.25) is 0 Å². The first kappa shape index (κ1) is 13.3. The molecule has 0 aliphatic rings. The second kappa shape index (κ2) is 6.08. The van der Waals surface area contributed by atoms with Gasteiger partial charge in [0, 0.05) is 20.6 Å². The second-order valence-electron chi connectivity index (χ2n) is 3.19. The number of methoxy groups -OCH3 is 3. The third kappa shape index (κ3) is 2.87. The van der Waals surface area contributed by atoms with Gasteiger partial charge in [-0.25, -0.2) is 0 Å². The van der Waals surface area contributed by atoms with E-state index in [0.29, 0.717) is 16.6 Å². The Balaban J connectivity index is 2.94. The number of rotatable bonds is 5. The maximum Gasteiger partial charge on any atom is 0.172 e. The highest BCUT2D eigenvalue weighted by molar-refractivity contribution is 9.10. The fourth-order valence-corrected chi connectivity index (χ4v) is 1.84. The van der Waals surface area contributed by atoms with E-state index in [1.165, 1.54) is 7.11 Å². The molecule has 0 amide bonds. The molecule has 4 nitrogen and oxygen atoms in total. The normalized spacial score (nSPS) is 10.8. The molecule has 0 heterocycles. The number of phenols is 1. The van der Waals surface area contributed by atoms with Crippen LogP contribution in [0.25, 0.3) is 0 Å². The van der Waals surface area contributed by atoms with Crippen LogP contribution in [-0.4, -0.2) is 32.7 Å². The topological polar surface area (TPSA) is 47.9 Å². The fraction of sp³-hybridized carbons (Fsp3) is 0.455. The predicted octanol–water partition coefficient (Wildman–Crippen LogP) is 2.32. The highest BCUT2D eigenvalue weighted by Crippen LogP contribution is 2.37. The van der Waals surface area contributed by atoms with E-state index in [1.54, 1.807) is 20.3 Å². The summed E-state index contributed by atoms with van der Waals surface area (Å²) in [5.74, 6) is 0.521. The van der Waals surface area contributed by atoms with E-state index < -0.39 is 0 Å². The Bertz CT molecular complexity index is 350. The third-order valence-corrected chi connectivity index (χ3v) is 3.18. The summed E-state index contributed by atoms with van der Waals surface area (Å²) in [7, 11) is 4.66. The van der Waals surface area contributed by atoms with Crippen molar-refractivity contribution in [3.05, 3.63) is 22.2 Å². The number of benzene rings is 1. The molecule has 0 bridgehead atoms. The van der Waals surface area contributed by atoms with Crippen molar-refractivity contribution in [1.29, 1.82) is 0 Å². The van der Waals surface area contributed by atoms with Gasteiger partial charge in [-0.2, -0.15) is 0 Å². The van der Waals surface area contributed by atoms with Crippen LogP contribution in [0.2, 0.25) is 0 Å². The predicted molar refractivity (Wildman–Crippen MR) is 63.9 cm³/mol. The highest BCUT2D eigenvalue weighted by Gasteiger charge is 2.14. The van der Waals surface area contributed by atoms with Gasteiger partial charge < -0.3 is 19.3 Å². The molecule has 0 aliphatic heterocycles. The monoisotopic (exact) mass is 290 g/mol. The number of ether oxygens (including phenoxy) is 3. The summed E-state index contributed by atoms with van der Waals surface area (Å²) >= 11 is 3.32. The molecule has 0 atom stereocenters. The van der Waals surface area contributed by atoms with Crippen LogP contribution in [0.15, 0.2) is 16.6 Å². The summed E-state index contributed by atoms with van der Waals surface area (Å²) in [4.78, 5) is 0. The Kier molecular flexibility index (Phi) is 5.05. The lowest BCUT2D eigenvalue weighted by molar-refractivity contribution is -0.100. The third-order valence-electron chi connectivity index (χ3n) is 2.29. The zero-order valence-electron chi connectivity index (χ0n) is 9.49. The number of aromatic hydroxyl groups is 1. The van der Waals surface area contributed by atoms with Gasteiger partial charge in [0.05, 0.1) is 11.6 Å². The molecule has 0 unspecified atom stereocenters. The molecule has 0 aromatic heterocycles. The van der Waals surface area contributed by atoms with E-state index in [9.17, 15) is 5.11 Å². The number of hydrogen-bond donors (Lipinski definition) is 1. The van der Waals surface area contributed by atoms with Crippen molar-refractivity contribution in [2.75, 3.05) is 21.3 Å². The number of phenolic OH excluding ortho intramolecular Hbond substituents is 1. The Morgan fingerprint density at radius 3 is 2.38 bits per heavy atom. The maximum atomic E-state index is 9.78. The van der Waals surface area contributed by atoms with Crippen molar-refractivity contribution < 1.29 is 19.3 Å². The summed E-state index contributed by atoms with van der Waals surface area (Å²) in [6.07, 6.45) is 0.217. The first-order valence-corrected chi connectivity index (χ1v) is 5.53. The molecule has 0 spiro atoms. The average Bonchev–Trinajstić information content (AvgIpc) is 2.31. The molecule has 0 saturated heterocycles. The Hall–Kier alpha value is -0.780. The molecule has 16 heavy (non-hydrogen) atoms. The quantitative estimate of drug-likeness (QED) is 0.846. The summed E-state index contributed by atoms with van der Waals surface area (Å²) in [6, 6.07) is 3.56. The molecule has 0 saturated carbocycles. The largest absolute Gasteiger partial charge is 0.503 e. The molecule has 1 N–H and O–H groups in total. The average molecular weight is 291 g/mol. The van der Waals surface area contributed by atoms with Gasteiger partial charge in [0.1, 0.15) is 0 Å². The standard InChI is InChI=1S/C11H15BrO4/c1-14-8-5-4-7(10(12)11(8)13)6-9(15-2)16-3/h4-5,9,13H,6H2,1-3H3. The van der Waals surface area contributed by atoms with Crippen LogP contribution in [0.4, 0.5) is 0 Å². The van der Waals surface area contributed by atoms with Gasteiger partial charge >= 0.3 is 0 Å². The van der Waals surface area contributed by atoms with Gasteiger partial charge in [-0.05, 0) is 27.6 Å². The molecule has 0 fully saturated rings. The molecule has 5 heteroatoms. The Morgan fingerprint density at radius 2 is 1.88 bits per heavy atom. The van der Waals surface area contributed by atoms with E-state index >= 15 is 0 Å². The van der Waals surface area contributed by atoms with Crippen molar-refractivity contribution in [2.24, 2.45) is 0 Å². The highest BCUT2D eigenvalue weighted by atomic mass is 79.9. The summed E-state index contributed by atoms with van der Waals surface area (Å²) < 4.78 is 15.8. The molecular weight excluding hydrogens is 276 g/mol. The second-order valence-corrected chi connectivity index (χ2v) is 3.99. The van der Waals surface area contributed by atoms with Crippen LogP contribution >= 0.6 is 15.9 Å². The van der Waals surface area contributed by atoms with E-state index in [-0.39, 0.29) is 12.0 Å². The van der Waals surface area contributed by atoms with E-state index in [2.05, 4.69) is 15.9 Å². The number of halogens is 1. The van der Waals surface area contributed by atoms with Gasteiger partial charge in [-0.15, -0.1) is 0 Å².